The van der Waals surface area contributed by atoms with Gasteiger partial charge in [-0.2, -0.15) is 0 Å². The van der Waals surface area contributed by atoms with Crippen LogP contribution in [0.25, 0.3) is 0 Å². The van der Waals surface area contributed by atoms with Crippen molar-refractivity contribution in [1.82, 2.24) is 5.32 Å². The molecule has 0 aromatic heterocycles. The fraction of sp³-hybridized carbons (Fsp3) is 0.435. The molecule has 2 aromatic carbocycles. The third-order valence-electron chi connectivity index (χ3n) is 4.67. The quantitative estimate of drug-likeness (QED) is 0.706. The third kappa shape index (κ3) is 6.49. The Bertz CT molecular complexity index is 783. The molecule has 0 fully saturated rings. The Kier molecular flexibility index (Phi) is 7.17. The fourth-order valence-corrected chi connectivity index (χ4v) is 3.31. The van der Waals surface area contributed by atoms with E-state index >= 15 is 0 Å². The Morgan fingerprint density at radius 3 is 2.52 bits per heavy atom. The first-order chi connectivity index (χ1) is 12.7. The zero-order valence-corrected chi connectivity index (χ0v) is 17.0. The number of nitrogens with one attached hydrogen (secondary N) is 1. The predicted octanol–water partition coefficient (Wildman–Crippen LogP) is 3.78. The molecule has 0 heterocycles. The lowest BCUT2D eigenvalue weighted by Crippen LogP contribution is -2.43. The van der Waals surface area contributed by atoms with Crippen LogP contribution in [0.2, 0.25) is 0 Å². The molecule has 2 N–H and O–H groups in total. The molecule has 0 radical (unpaired) electrons. The van der Waals surface area contributed by atoms with Crippen LogP contribution in [-0.4, -0.2) is 30.1 Å². The number of ketones is 1. The molecule has 0 aliphatic carbocycles. The number of methoxy groups -OCH3 is 1. The summed E-state index contributed by atoms with van der Waals surface area (Å²) in [6, 6.07) is 13.9. The van der Waals surface area contributed by atoms with Crippen LogP contribution < -0.4 is 10.1 Å². The number of β-amino-alcohol motifs (C(OH)–C–C–N with tert-alkyl or cyclic N) is 1. The molecular formula is C23H31NO3. The van der Waals surface area contributed by atoms with Gasteiger partial charge in [-0.3, -0.25) is 4.79 Å². The van der Waals surface area contributed by atoms with Crippen molar-refractivity contribution in [2.45, 2.75) is 52.2 Å². The van der Waals surface area contributed by atoms with E-state index in [1.165, 1.54) is 5.56 Å². The molecule has 0 aliphatic rings. The zero-order valence-electron chi connectivity index (χ0n) is 17.0. The average Bonchev–Trinajstić information content (AvgIpc) is 2.59. The average molecular weight is 370 g/mol. The monoisotopic (exact) mass is 369 g/mol. The Hall–Kier alpha value is -2.17. The van der Waals surface area contributed by atoms with Gasteiger partial charge in [-0.05, 0) is 68.5 Å². The molecule has 0 amide bonds. The van der Waals surface area contributed by atoms with Gasteiger partial charge >= 0.3 is 0 Å². The lowest BCUT2D eigenvalue weighted by molar-refractivity contribution is -0.116. The number of aliphatic hydroxyl groups is 1. The van der Waals surface area contributed by atoms with E-state index < -0.39 is 6.10 Å². The largest absolute Gasteiger partial charge is 0.496 e. The third-order valence-corrected chi connectivity index (χ3v) is 4.67. The van der Waals surface area contributed by atoms with Crippen molar-refractivity contribution in [2.24, 2.45) is 0 Å². The number of hydrogen-bond acceptors (Lipinski definition) is 4. The summed E-state index contributed by atoms with van der Waals surface area (Å²) in [5, 5.41) is 14.0. The fourth-order valence-electron chi connectivity index (χ4n) is 3.31. The van der Waals surface area contributed by atoms with Gasteiger partial charge < -0.3 is 15.2 Å². The Morgan fingerprint density at radius 1 is 1.19 bits per heavy atom. The highest BCUT2D eigenvalue weighted by Gasteiger charge is 2.20. The van der Waals surface area contributed by atoms with Gasteiger partial charge in [-0.15, -0.1) is 0 Å². The molecule has 1 atom stereocenters. The first-order valence-corrected chi connectivity index (χ1v) is 9.35. The van der Waals surface area contributed by atoms with E-state index in [4.69, 9.17) is 4.74 Å². The maximum Gasteiger partial charge on any atom is 0.134 e. The number of aryl methyl sites for hydroxylation is 1. The van der Waals surface area contributed by atoms with Gasteiger partial charge in [0, 0.05) is 18.5 Å². The Morgan fingerprint density at radius 2 is 1.89 bits per heavy atom. The molecular weight excluding hydrogens is 338 g/mol. The summed E-state index contributed by atoms with van der Waals surface area (Å²) < 4.78 is 5.28. The summed E-state index contributed by atoms with van der Waals surface area (Å²) in [7, 11) is 1.65. The molecule has 0 bridgehead atoms. The first-order valence-electron chi connectivity index (χ1n) is 9.35. The number of rotatable bonds is 9. The molecule has 27 heavy (non-hydrogen) atoms. The number of aliphatic hydroxyl groups excluding tert-OH is 1. The van der Waals surface area contributed by atoms with E-state index in [1.807, 2.05) is 37.3 Å². The summed E-state index contributed by atoms with van der Waals surface area (Å²) in [6.07, 6.45) is 0.697. The highest BCUT2D eigenvalue weighted by Crippen LogP contribution is 2.23. The van der Waals surface area contributed by atoms with Crippen LogP contribution in [0.5, 0.6) is 5.75 Å². The molecule has 4 nitrogen and oxygen atoms in total. The van der Waals surface area contributed by atoms with Crippen LogP contribution in [-0.2, 0) is 17.6 Å². The van der Waals surface area contributed by atoms with Crippen molar-refractivity contribution in [3.8, 4) is 5.75 Å². The van der Waals surface area contributed by atoms with Crippen molar-refractivity contribution in [3.05, 3.63) is 64.7 Å². The predicted molar refractivity (Wildman–Crippen MR) is 109 cm³/mol. The van der Waals surface area contributed by atoms with Gasteiger partial charge in [-0.1, -0.05) is 30.3 Å². The maximum absolute atomic E-state index is 11.3. The van der Waals surface area contributed by atoms with Crippen molar-refractivity contribution < 1.29 is 14.6 Å². The molecule has 4 heteroatoms. The van der Waals surface area contributed by atoms with Gasteiger partial charge in [0.05, 0.1) is 13.2 Å². The lowest BCUT2D eigenvalue weighted by Gasteiger charge is -2.28. The van der Waals surface area contributed by atoms with Gasteiger partial charge in [0.1, 0.15) is 11.5 Å². The Labute approximate surface area is 162 Å². The molecule has 0 saturated carbocycles. The van der Waals surface area contributed by atoms with Gasteiger partial charge in [-0.25, -0.2) is 0 Å². The lowest BCUT2D eigenvalue weighted by atomic mass is 9.93. The van der Waals surface area contributed by atoms with Crippen molar-refractivity contribution >= 4 is 5.78 Å². The summed E-state index contributed by atoms with van der Waals surface area (Å²) in [4.78, 5) is 11.3. The van der Waals surface area contributed by atoms with E-state index in [9.17, 15) is 9.90 Å². The summed E-state index contributed by atoms with van der Waals surface area (Å²) in [5.74, 6) is 0.993. The van der Waals surface area contributed by atoms with Crippen molar-refractivity contribution in [3.63, 3.8) is 0 Å². The molecule has 146 valence electrons. The van der Waals surface area contributed by atoms with E-state index in [-0.39, 0.29) is 11.3 Å². The second-order valence-corrected chi connectivity index (χ2v) is 7.89. The van der Waals surface area contributed by atoms with Gasteiger partial charge in [0.2, 0.25) is 0 Å². The topological polar surface area (TPSA) is 58.6 Å². The van der Waals surface area contributed by atoms with Crippen molar-refractivity contribution in [2.75, 3.05) is 13.7 Å². The smallest absolute Gasteiger partial charge is 0.134 e. The maximum atomic E-state index is 11.3. The van der Waals surface area contributed by atoms with Crippen LogP contribution >= 0.6 is 0 Å². The normalized spacial score (nSPS) is 12.7. The van der Waals surface area contributed by atoms with Crippen LogP contribution in [0.1, 0.15) is 49.1 Å². The number of carbonyl (C=O) groups excluding carboxylic acids is 1. The number of benzene rings is 2. The Balaban J connectivity index is 1.97. The molecule has 0 aliphatic heterocycles. The second kappa shape index (κ2) is 9.16. The minimum atomic E-state index is -0.585. The highest BCUT2D eigenvalue weighted by molar-refractivity contribution is 5.78. The van der Waals surface area contributed by atoms with E-state index in [0.29, 0.717) is 13.0 Å². The van der Waals surface area contributed by atoms with Crippen LogP contribution in [0.3, 0.4) is 0 Å². The van der Waals surface area contributed by atoms with Gasteiger partial charge in [0.15, 0.2) is 0 Å². The van der Waals surface area contributed by atoms with Crippen LogP contribution in [0.15, 0.2) is 42.5 Å². The molecule has 0 spiro atoms. The highest BCUT2D eigenvalue weighted by atomic mass is 16.5. The standard InChI is InChI=1S/C23H31NO3/c1-16-11-20(9-10-22(16)27-5)21(26)15-24-23(3,4)14-19-8-6-7-18(13-19)12-17(2)25/h6-11,13,21,24,26H,12,14-15H2,1-5H3. The first kappa shape index (κ1) is 21.1. The van der Waals surface area contributed by atoms with Crippen LogP contribution in [0, 0.1) is 6.92 Å². The molecule has 2 aromatic rings. The van der Waals surface area contributed by atoms with Crippen molar-refractivity contribution in [1.29, 1.82) is 0 Å². The van der Waals surface area contributed by atoms with E-state index in [2.05, 4.69) is 31.3 Å². The minimum absolute atomic E-state index is 0.169. The number of hydrogen-bond donors (Lipinski definition) is 2. The molecule has 0 saturated heterocycles. The van der Waals surface area contributed by atoms with E-state index in [0.717, 1.165) is 28.9 Å². The number of Topliss-reactive ketones (excluding diaryl/α,β-unsaturated/α-hetero) is 1. The summed E-state index contributed by atoms with van der Waals surface area (Å²) >= 11 is 0. The summed E-state index contributed by atoms with van der Waals surface area (Å²) in [5.41, 5.74) is 3.93. The van der Waals surface area contributed by atoms with E-state index in [1.54, 1.807) is 14.0 Å². The molecule has 2 rings (SSSR count). The van der Waals surface area contributed by atoms with Gasteiger partial charge in [0.25, 0.3) is 0 Å². The van der Waals surface area contributed by atoms with Crippen LogP contribution in [0.4, 0.5) is 0 Å². The number of carbonyl (C=O) groups is 1. The zero-order chi connectivity index (χ0) is 20.0. The second-order valence-electron chi connectivity index (χ2n) is 7.89. The number of ether oxygens (including phenoxy) is 1. The molecule has 1 unspecified atom stereocenters. The summed E-state index contributed by atoms with van der Waals surface area (Å²) in [6.45, 7) is 8.29. The minimum Gasteiger partial charge on any atom is -0.496 e. The SMILES string of the molecule is COc1ccc(C(O)CNC(C)(C)Cc2cccc(CC(C)=O)c2)cc1C.